The molecule has 1 N–H and O–H groups in total. The normalized spacial score (nSPS) is 14.1. The molecular weight excluding hydrogens is 360 g/mol. The van der Waals surface area contributed by atoms with Crippen LogP contribution in [0.4, 0.5) is 5.69 Å². The molecule has 1 heterocycles. The van der Waals surface area contributed by atoms with Gasteiger partial charge in [-0.25, -0.2) is 8.42 Å². The Labute approximate surface area is 161 Å². The number of rotatable bonds is 6. The standard InChI is InChI=1S/C21H26N2O3S/c1-4-13-21(2,3)22-20(24)17-9-7-10-18(15-17)27(25,26)23-14-12-16-8-5-6-11-19(16)23/h5-11,15H,4,12-14H2,1-3H3,(H,22,24). The van der Waals surface area contributed by atoms with E-state index in [-0.39, 0.29) is 16.3 Å². The van der Waals surface area contributed by atoms with Gasteiger partial charge in [-0.05, 0) is 56.5 Å². The molecular formula is C21H26N2O3S. The highest BCUT2D eigenvalue weighted by molar-refractivity contribution is 7.92. The second kappa shape index (κ2) is 7.35. The van der Waals surface area contributed by atoms with Crippen molar-refractivity contribution in [3.05, 3.63) is 59.7 Å². The van der Waals surface area contributed by atoms with Crippen molar-refractivity contribution in [3.8, 4) is 0 Å². The van der Waals surface area contributed by atoms with E-state index in [4.69, 9.17) is 0 Å². The summed E-state index contributed by atoms with van der Waals surface area (Å²) < 4.78 is 27.7. The molecule has 2 aromatic carbocycles. The molecule has 144 valence electrons. The fourth-order valence-electron chi connectivity index (χ4n) is 3.55. The average molecular weight is 387 g/mol. The number of hydrogen-bond acceptors (Lipinski definition) is 3. The van der Waals surface area contributed by atoms with Crippen LogP contribution >= 0.6 is 0 Å². The van der Waals surface area contributed by atoms with Crippen LogP contribution in [-0.2, 0) is 16.4 Å². The molecule has 0 radical (unpaired) electrons. The Hall–Kier alpha value is -2.34. The minimum absolute atomic E-state index is 0.139. The molecule has 0 unspecified atom stereocenters. The van der Waals surface area contributed by atoms with Gasteiger partial charge in [-0.15, -0.1) is 0 Å². The van der Waals surface area contributed by atoms with Crippen molar-refractivity contribution >= 4 is 21.6 Å². The molecule has 2 aromatic rings. The lowest BCUT2D eigenvalue weighted by molar-refractivity contribution is 0.0909. The maximum Gasteiger partial charge on any atom is 0.264 e. The van der Waals surface area contributed by atoms with E-state index in [0.29, 0.717) is 18.5 Å². The molecule has 0 atom stereocenters. The van der Waals surface area contributed by atoms with Gasteiger partial charge in [0.25, 0.3) is 15.9 Å². The third-order valence-corrected chi connectivity index (χ3v) is 6.66. The zero-order valence-corrected chi connectivity index (χ0v) is 16.8. The van der Waals surface area contributed by atoms with E-state index in [9.17, 15) is 13.2 Å². The Balaban J connectivity index is 1.88. The molecule has 1 aliphatic rings. The van der Waals surface area contributed by atoms with Crippen molar-refractivity contribution in [1.82, 2.24) is 5.32 Å². The van der Waals surface area contributed by atoms with E-state index in [1.54, 1.807) is 18.2 Å². The number of para-hydroxylation sites is 1. The van der Waals surface area contributed by atoms with Crippen molar-refractivity contribution in [3.63, 3.8) is 0 Å². The molecule has 1 aliphatic heterocycles. The Morgan fingerprint density at radius 1 is 1.15 bits per heavy atom. The zero-order chi connectivity index (χ0) is 19.7. The van der Waals surface area contributed by atoms with Crippen molar-refractivity contribution < 1.29 is 13.2 Å². The van der Waals surface area contributed by atoms with Crippen molar-refractivity contribution in [2.24, 2.45) is 0 Å². The van der Waals surface area contributed by atoms with Gasteiger partial charge in [0.1, 0.15) is 0 Å². The summed E-state index contributed by atoms with van der Waals surface area (Å²) in [4.78, 5) is 12.8. The van der Waals surface area contributed by atoms with Gasteiger partial charge in [-0.1, -0.05) is 37.6 Å². The average Bonchev–Trinajstić information content (AvgIpc) is 3.06. The van der Waals surface area contributed by atoms with Gasteiger partial charge in [-0.2, -0.15) is 0 Å². The summed E-state index contributed by atoms with van der Waals surface area (Å²) in [6.45, 7) is 6.42. The van der Waals surface area contributed by atoms with Crippen LogP contribution in [0.5, 0.6) is 0 Å². The van der Waals surface area contributed by atoms with Crippen LogP contribution in [-0.4, -0.2) is 26.4 Å². The number of carbonyl (C=O) groups excluding carboxylic acids is 1. The fourth-order valence-corrected chi connectivity index (χ4v) is 5.10. The molecule has 0 saturated heterocycles. The predicted molar refractivity (Wildman–Crippen MR) is 108 cm³/mol. The number of fused-ring (bicyclic) bond motifs is 1. The second-order valence-corrected chi connectivity index (χ2v) is 9.43. The smallest absolute Gasteiger partial charge is 0.264 e. The molecule has 0 spiro atoms. The molecule has 0 saturated carbocycles. The molecule has 0 bridgehead atoms. The number of sulfonamides is 1. The summed E-state index contributed by atoms with van der Waals surface area (Å²) in [6.07, 6.45) is 2.50. The van der Waals surface area contributed by atoms with Crippen LogP contribution in [0.2, 0.25) is 0 Å². The molecule has 6 heteroatoms. The number of nitrogens with one attached hydrogen (secondary N) is 1. The highest BCUT2D eigenvalue weighted by Crippen LogP contribution is 2.32. The Morgan fingerprint density at radius 3 is 2.63 bits per heavy atom. The zero-order valence-electron chi connectivity index (χ0n) is 16.0. The summed E-state index contributed by atoms with van der Waals surface area (Å²) in [5.41, 5.74) is 1.76. The van der Waals surface area contributed by atoms with Gasteiger partial charge >= 0.3 is 0 Å². The number of carbonyl (C=O) groups is 1. The van der Waals surface area contributed by atoms with Crippen LogP contribution < -0.4 is 9.62 Å². The summed E-state index contributed by atoms with van der Waals surface area (Å²) in [6, 6.07) is 13.8. The highest BCUT2D eigenvalue weighted by Gasteiger charge is 2.31. The predicted octanol–water partition coefficient (Wildman–Crippen LogP) is 3.75. The minimum Gasteiger partial charge on any atom is -0.347 e. The molecule has 3 rings (SSSR count). The first-order valence-corrected chi connectivity index (χ1v) is 10.7. The van der Waals surface area contributed by atoms with Gasteiger partial charge in [0.05, 0.1) is 10.6 Å². The summed E-state index contributed by atoms with van der Waals surface area (Å²) in [7, 11) is -3.71. The third kappa shape index (κ3) is 4.00. The molecule has 27 heavy (non-hydrogen) atoms. The monoisotopic (exact) mass is 386 g/mol. The molecule has 5 nitrogen and oxygen atoms in total. The lowest BCUT2D eigenvalue weighted by Crippen LogP contribution is -2.43. The maximum absolute atomic E-state index is 13.2. The topological polar surface area (TPSA) is 66.5 Å². The number of amides is 1. The highest BCUT2D eigenvalue weighted by atomic mass is 32.2. The molecule has 0 fully saturated rings. The number of nitrogens with zero attached hydrogens (tertiary/aromatic N) is 1. The first-order valence-electron chi connectivity index (χ1n) is 9.28. The SMILES string of the molecule is CCCC(C)(C)NC(=O)c1cccc(S(=O)(=O)N2CCc3ccccc32)c1. The second-order valence-electron chi connectivity index (χ2n) is 7.57. The first kappa shape index (κ1) is 19.4. The van der Waals surface area contributed by atoms with Crippen molar-refractivity contribution in [2.75, 3.05) is 10.8 Å². The van der Waals surface area contributed by atoms with Crippen molar-refractivity contribution in [1.29, 1.82) is 0 Å². The lowest BCUT2D eigenvalue weighted by Gasteiger charge is -2.26. The number of anilines is 1. The first-order chi connectivity index (χ1) is 12.7. The van der Waals surface area contributed by atoms with Gasteiger partial charge in [0, 0.05) is 17.6 Å². The summed E-state index contributed by atoms with van der Waals surface area (Å²) in [5, 5.41) is 2.99. The van der Waals surface area contributed by atoms with E-state index in [2.05, 4.69) is 12.2 Å². The van der Waals surface area contributed by atoms with E-state index < -0.39 is 10.0 Å². The van der Waals surface area contributed by atoms with Gasteiger partial charge < -0.3 is 5.32 Å². The van der Waals surface area contributed by atoms with E-state index in [0.717, 1.165) is 24.1 Å². The Kier molecular flexibility index (Phi) is 5.29. The van der Waals surface area contributed by atoms with Gasteiger partial charge in [0.15, 0.2) is 0 Å². The molecule has 0 aliphatic carbocycles. The van der Waals surface area contributed by atoms with E-state index >= 15 is 0 Å². The van der Waals surface area contributed by atoms with Gasteiger partial charge in [0.2, 0.25) is 0 Å². The van der Waals surface area contributed by atoms with Crippen LogP contribution in [0.1, 0.15) is 49.5 Å². The van der Waals surface area contributed by atoms with Crippen LogP contribution in [0, 0.1) is 0 Å². The van der Waals surface area contributed by atoms with Gasteiger partial charge in [-0.3, -0.25) is 9.10 Å². The van der Waals surface area contributed by atoms with E-state index in [1.807, 2.05) is 38.1 Å². The minimum atomic E-state index is -3.71. The fraction of sp³-hybridized carbons (Fsp3) is 0.381. The molecule has 1 amide bonds. The van der Waals surface area contributed by atoms with Crippen LogP contribution in [0.3, 0.4) is 0 Å². The van der Waals surface area contributed by atoms with E-state index in [1.165, 1.54) is 10.4 Å². The summed E-state index contributed by atoms with van der Waals surface area (Å²) in [5.74, 6) is -0.257. The Bertz CT molecular complexity index is 951. The number of hydrogen-bond donors (Lipinski definition) is 1. The summed E-state index contributed by atoms with van der Waals surface area (Å²) >= 11 is 0. The lowest BCUT2D eigenvalue weighted by atomic mass is 9.98. The maximum atomic E-state index is 13.2. The van der Waals surface area contributed by atoms with Crippen LogP contribution in [0.15, 0.2) is 53.4 Å². The van der Waals surface area contributed by atoms with Crippen molar-refractivity contribution in [2.45, 2.75) is 50.5 Å². The quantitative estimate of drug-likeness (QED) is 0.822. The number of benzene rings is 2. The largest absolute Gasteiger partial charge is 0.347 e. The third-order valence-electron chi connectivity index (χ3n) is 4.86. The molecule has 0 aromatic heterocycles. The Morgan fingerprint density at radius 2 is 1.89 bits per heavy atom. The van der Waals surface area contributed by atoms with Crippen LogP contribution in [0.25, 0.3) is 0 Å².